The van der Waals surface area contributed by atoms with E-state index in [1.54, 1.807) is 6.20 Å². The zero-order chi connectivity index (χ0) is 13.8. The van der Waals surface area contributed by atoms with Gasteiger partial charge in [-0.15, -0.1) is 0 Å². The van der Waals surface area contributed by atoms with Crippen LogP contribution in [0.15, 0.2) is 12.3 Å². The molecule has 0 fully saturated rings. The second-order valence-corrected chi connectivity index (χ2v) is 4.84. The van der Waals surface area contributed by atoms with Crippen LogP contribution in [0, 0.1) is 6.92 Å². The van der Waals surface area contributed by atoms with Crippen molar-refractivity contribution in [2.45, 2.75) is 46.1 Å². The van der Waals surface area contributed by atoms with Gasteiger partial charge in [-0.2, -0.15) is 0 Å². The maximum Gasteiger partial charge on any atom is 0.255 e. The number of aromatic nitrogens is 1. The van der Waals surface area contributed by atoms with E-state index in [9.17, 15) is 4.79 Å². The third-order valence-electron chi connectivity index (χ3n) is 3.53. The first kappa shape index (κ1) is 14.5. The van der Waals surface area contributed by atoms with Crippen molar-refractivity contribution in [2.75, 3.05) is 12.4 Å². The first-order valence-corrected chi connectivity index (χ1v) is 6.42. The molecule has 0 bridgehead atoms. The van der Waals surface area contributed by atoms with Crippen LogP contribution < -0.4 is 10.6 Å². The standard InChI is InChI=1S/C14H23N3O/c1-6-14(4,7-2)17-13(18)11-9-16-10(3)8-12(11)15-5/h8-9H,6-7H2,1-5H3,(H,15,16)(H,17,18). The smallest absolute Gasteiger partial charge is 0.255 e. The highest BCUT2D eigenvalue weighted by Gasteiger charge is 2.23. The largest absolute Gasteiger partial charge is 0.387 e. The zero-order valence-corrected chi connectivity index (χ0v) is 11.9. The molecule has 0 saturated heterocycles. The zero-order valence-electron chi connectivity index (χ0n) is 11.9. The van der Waals surface area contributed by atoms with Gasteiger partial charge in [0.2, 0.25) is 0 Å². The molecule has 1 aromatic rings. The molecule has 1 rings (SSSR count). The summed E-state index contributed by atoms with van der Waals surface area (Å²) in [4.78, 5) is 16.5. The molecule has 0 radical (unpaired) electrons. The highest BCUT2D eigenvalue weighted by molar-refractivity contribution is 5.99. The number of hydrogen-bond acceptors (Lipinski definition) is 3. The molecule has 0 aliphatic carbocycles. The molecule has 1 aromatic heterocycles. The van der Waals surface area contributed by atoms with Gasteiger partial charge in [-0.05, 0) is 32.8 Å². The van der Waals surface area contributed by atoms with Gasteiger partial charge in [0.05, 0.1) is 11.3 Å². The van der Waals surface area contributed by atoms with E-state index in [2.05, 4.69) is 36.4 Å². The van der Waals surface area contributed by atoms with Gasteiger partial charge in [-0.3, -0.25) is 9.78 Å². The van der Waals surface area contributed by atoms with Crippen LogP contribution in [0.25, 0.3) is 0 Å². The van der Waals surface area contributed by atoms with E-state index >= 15 is 0 Å². The maximum atomic E-state index is 12.3. The van der Waals surface area contributed by atoms with Crippen LogP contribution in [-0.4, -0.2) is 23.5 Å². The van der Waals surface area contributed by atoms with Gasteiger partial charge in [0, 0.05) is 24.5 Å². The number of hydrogen-bond donors (Lipinski definition) is 2. The minimum atomic E-state index is -0.160. The highest BCUT2D eigenvalue weighted by atomic mass is 16.1. The van der Waals surface area contributed by atoms with Gasteiger partial charge < -0.3 is 10.6 Å². The summed E-state index contributed by atoms with van der Waals surface area (Å²) in [5, 5.41) is 6.12. The molecule has 0 aromatic carbocycles. The quantitative estimate of drug-likeness (QED) is 0.843. The number of carbonyl (C=O) groups is 1. The van der Waals surface area contributed by atoms with Gasteiger partial charge in [0.25, 0.3) is 5.91 Å². The average Bonchev–Trinajstić information content (AvgIpc) is 2.38. The highest BCUT2D eigenvalue weighted by Crippen LogP contribution is 2.19. The maximum absolute atomic E-state index is 12.3. The minimum absolute atomic E-state index is 0.0712. The molecular weight excluding hydrogens is 226 g/mol. The number of nitrogens with one attached hydrogen (secondary N) is 2. The van der Waals surface area contributed by atoms with E-state index in [4.69, 9.17) is 0 Å². The van der Waals surface area contributed by atoms with Crippen LogP contribution in [0.2, 0.25) is 0 Å². The average molecular weight is 249 g/mol. The van der Waals surface area contributed by atoms with Crippen molar-refractivity contribution in [2.24, 2.45) is 0 Å². The van der Waals surface area contributed by atoms with Crippen molar-refractivity contribution >= 4 is 11.6 Å². The Kier molecular flexibility index (Phi) is 4.70. The van der Waals surface area contributed by atoms with Crippen molar-refractivity contribution in [3.05, 3.63) is 23.5 Å². The van der Waals surface area contributed by atoms with Crippen LogP contribution in [0.1, 0.15) is 49.7 Å². The number of carbonyl (C=O) groups excluding carboxylic acids is 1. The van der Waals surface area contributed by atoms with Gasteiger partial charge in [0.15, 0.2) is 0 Å². The topological polar surface area (TPSA) is 54.0 Å². The van der Waals surface area contributed by atoms with Crippen molar-refractivity contribution in [3.8, 4) is 0 Å². The van der Waals surface area contributed by atoms with E-state index in [-0.39, 0.29) is 11.4 Å². The summed E-state index contributed by atoms with van der Waals surface area (Å²) in [5.74, 6) is -0.0712. The Labute approximate surface area is 109 Å². The number of nitrogens with zero attached hydrogens (tertiary/aromatic N) is 1. The summed E-state index contributed by atoms with van der Waals surface area (Å²) in [6.45, 7) is 8.13. The van der Waals surface area contributed by atoms with Crippen molar-refractivity contribution in [1.82, 2.24) is 10.3 Å². The summed E-state index contributed by atoms with van der Waals surface area (Å²) < 4.78 is 0. The van der Waals surface area contributed by atoms with Crippen LogP contribution in [0.4, 0.5) is 5.69 Å². The predicted octanol–water partition coefficient (Wildman–Crippen LogP) is 2.74. The molecule has 4 heteroatoms. The fourth-order valence-corrected chi connectivity index (χ4v) is 1.72. The molecule has 0 aliphatic heterocycles. The van der Waals surface area contributed by atoms with E-state index in [1.165, 1.54) is 0 Å². The fourth-order valence-electron chi connectivity index (χ4n) is 1.72. The van der Waals surface area contributed by atoms with Gasteiger partial charge in [0.1, 0.15) is 0 Å². The van der Waals surface area contributed by atoms with Crippen LogP contribution in [0.5, 0.6) is 0 Å². The van der Waals surface area contributed by atoms with E-state index in [0.717, 1.165) is 24.2 Å². The third kappa shape index (κ3) is 3.22. The lowest BCUT2D eigenvalue weighted by atomic mass is 9.95. The monoisotopic (exact) mass is 249 g/mol. The summed E-state index contributed by atoms with van der Waals surface area (Å²) in [6.07, 6.45) is 3.44. The summed E-state index contributed by atoms with van der Waals surface area (Å²) in [5.41, 5.74) is 2.14. The number of pyridine rings is 1. The second-order valence-electron chi connectivity index (χ2n) is 4.84. The molecule has 0 aliphatic rings. The van der Waals surface area contributed by atoms with Gasteiger partial charge in [-0.1, -0.05) is 13.8 Å². The summed E-state index contributed by atoms with van der Waals surface area (Å²) >= 11 is 0. The molecule has 1 amide bonds. The number of amides is 1. The number of rotatable bonds is 5. The Bertz CT molecular complexity index is 425. The summed E-state index contributed by atoms with van der Waals surface area (Å²) in [7, 11) is 1.81. The molecule has 4 nitrogen and oxygen atoms in total. The first-order chi connectivity index (χ1) is 8.45. The van der Waals surface area contributed by atoms with Crippen molar-refractivity contribution < 1.29 is 4.79 Å². The Balaban J connectivity index is 2.97. The van der Waals surface area contributed by atoms with Gasteiger partial charge >= 0.3 is 0 Å². The normalized spacial score (nSPS) is 11.2. The molecule has 18 heavy (non-hydrogen) atoms. The van der Waals surface area contributed by atoms with Crippen LogP contribution >= 0.6 is 0 Å². The third-order valence-corrected chi connectivity index (χ3v) is 3.53. The van der Waals surface area contributed by atoms with Gasteiger partial charge in [-0.25, -0.2) is 0 Å². The fraction of sp³-hybridized carbons (Fsp3) is 0.571. The Morgan fingerprint density at radius 2 is 2.00 bits per heavy atom. The first-order valence-electron chi connectivity index (χ1n) is 6.42. The molecule has 100 valence electrons. The van der Waals surface area contributed by atoms with Crippen molar-refractivity contribution in [3.63, 3.8) is 0 Å². The Hall–Kier alpha value is -1.58. The Morgan fingerprint density at radius 3 is 2.50 bits per heavy atom. The molecule has 0 spiro atoms. The lowest BCUT2D eigenvalue weighted by Gasteiger charge is -2.28. The molecule has 1 heterocycles. The lowest BCUT2D eigenvalue weighted by molar-refractivity contribution is 0.0901. The number of anilines is 1. The van der Waals surface area contributed by atoms with E-state index in [0.29, 0.717) is 5.56 Å². The second kappa shape index (κ2) is 5.85. The van der Waals surface area contributed by atoms with E-state index in [1.807, 2.05) is 20.0 Å². The van der Waals surface area contributed by atoms with Crippen LogP contribution in [0.3, 0.4) is 0 Å². The lowest BCUT2D eigenvalue weighted by Crippen LogP contribution is -2.45. The number of aryl methyl sites for hydroxylation is 1. The molecular formula is C14H23N3O. The van der Waals surface area contributed by atoms with Crippen LogP contribution in [-0.2, 0) is 0 Å². The molecule has 0 unspecified atom stereocenters. The molecule has 0 saturated carbocycles. The minimum Gasteiger partial charge on any atom is -0.387 e. The predicted molar refractivity (Wildman–Crippen MR) is 75.0 cm³/mol. The SMILES string of the molecule is CCC(C)(CC)NC(=O)c1cnc(C)cc1NC. The molecule has 0 atom stereocenters. The molecule has 2 N–H and O–H groups in total. The summed E-state index contributed by atoms with van der Waals surface area (Å²) in [6, 6.07) is 1.88. The van der Waals surface area contributed by atoms with Crippen molar-refractivity contribution in [1.29, 1.82) is 0 Å². The van der Waals surface area contributed by atoms with E-state index < -0.39 is 0 Å². The Morgan fingerprint density at radius 1 is 1.39 bits per heavy atom.